The maximum absolute atomic E-state index is 12.8. The molecule has 7 nitrogen and oxygen atoms in total. The average molecular weight is 326 g/mol. The molecule has 0 atom stereocenters. The highest BCUT2D eigenvalue weighted by atomic mass is 16.6. The molecule has 2 aromatic rings. The molecule has 1 aliphatic rings. The summed E-state index contributed by atoms with van der Waals surface area (Å²) in [7, 11) is 0. The molecule has 0 radical (unpaired) electrons. The second kappa shape index (κ2) is 7.54. The number of hydrogen-bond acceptors (Lipinski definition) is 5. The van der Waals surface area contributed by atoms with Crippen LogP contribution in [-0.2, 0) is 16.1 Å². The summed E-state index contributed by atoms with van der Waals surface area (Å²) in [4.78, 5) is 35.8. The van der Waals surface area contributed by atoms with E-state index >= 15 is 0 Å². The molecule has 0 N–H and O–H groups in total. The molecular formula is C17H18N4O3. The van der Waals surface area contributed by atoms with Crippen molar-refractivity contribution in [2.24, 2.45) is 0 Å². The summed E-state index contributed by atoms with van der Waals surface area (Å²) < 4.78 is 4.99. The molecule has 0 aliphatic carbocycles. The van der Waals surface area contributed by atoms with E-state index in [1.54, 1.807) is 35.6 Å². The van der Waals surface area contributed by atoms with Gasteiger partial charge in [0.15, 0.2) is 0 Å². The number of pyridine rings is 2. The van der Waals surface area contributed by atoms with Gasteiger partial charge in [-0.15, -0.1) is 0 Å². The summed E-state index contributed by atoms with van der Waals surface area (Å²) in [5, 5.41) is 0. The van der Waals surface area contributed by atoms with Gasteiger partial charge in [0.2, 0.25) is 5.91 Å². The van der Waals surface area contributed by atoms with Crippen LogP contribution in [0.5, 0.6) is 0 Å². The van der Waals surface area contributed by atoms with Crippen LogP contribution < -0.4 is 4.90 Å². The molecule has 0 aromatic carbocycles. The van der Waals surface area contributed by atoms with Gasteiger partial charge in [-0.25, -0.2) is 4.79 Å². The smallest absolute Gasteiger partial charge is 0.410 e. The summed E-state index contributed by atoms with van der Waals surface area (Å²) in [6.45, 7) is 1.24. The Kier molecular flexibility index (Phi) is 5.00. The average Bonchev–Trinajstić information content (AvgIpc) is 2.63. The summed E-state index contributed by atoms with van der Waals surface area (Å²) in [5.41, 5.74) is 1.48. The molecule has 0 unspecified atom stereocenters. The van der Waals surface area contributed by atoms with E-state index in [0.717, 1.165) is 12.1 Å². The SMILES string of the molecule is O=C1OCCCN1CC(=O)N(Cc1ccccn1)c1ccncc1. The number of anilines is 1. The molecule has 7 heteroatoms. The topological polar surface area (TPSA) is 75.6 Å². The largest absolute Gasteiger partial charge is 0.449 e. The van der Waals surface area contributed by atoms with Gasteiger partial charge in [-0.05, 0) is 30.7 Å². The van der Waals surface area contributed by atoms with Crippen LogP contribution in [0.3, 0.4) is 0 Å². The van der Waals surface area contributed by atoms with E-state index in [9.17, 15) is 9.59 Å². The van der Waals surface area contributed by atoms with Gasteiger partial charge < -0.3 is 9.64 Å². The number of rotatable bonds is 5. The van der Waals surface area contributed by atoms with Crippen LogP contribution in [-0.4, -0.2) is 46.6 Å². The number of aromatic nitrogens is 2. The number of cyclic esters (lactones) is 1. The summed E-state index contributed by atoms with van der Waals surface area (Å²) in [6, 6.07) is 9.08. The Morgan fingerprint density at radius 3 is 2.75 bits per heavy atom. The monoisotopic (exact) mass is 326 g/mol. The molecule has 1 aliphatic heterocycles. The predicted molar refractivity (Wildman–Crippen MR) is 87.2 cm³/mol. The minimum absolute atomic E-state index is 0.0199. The van der Waals surface area contributed by atoms with Gasteiger partial charge in [-0.3, -0.25) is 19.7 Å². The van der Waals surface area contributed by atoms with Crippen molar-refractivity contribution in [1.29, 1.82) is 0 Å². The molecule has 1 saturated heterocycles. The standard InChI is InChI=1S/C17H18N4O3/c22-16(13-20-10-3-11-24-17(20)23)21(15-5-8-18-9-6-15)12-14-4-1-2-7-19-14/h1-2,4-9H,3,10-13H2. The lowest BCUT2D eigenvalue weighted by atomic mass is 10.2. The van der Waals surface area contributed by atoms with E-state index in [1.165, 1.54) is 4.90 Å². The van der Waals surface area contributed by atoms with Crippen molar-refractivity contribution < 1.29 is 14.3 Å². The number of nitrogens with zero attached hydrogens (tertiary/aromatic N) is 4. The zero-order valence-corrected chi connectivity index (χ0v) is 13.2. The van der Waals surface area contributed by atoms with Gasteiger partial charge in [0, 0.05) is 30.8 Å². The number of amides is 2. The van der Waals surface area contributed by atoms with Crippen LogP contribution in [0.25, 0.3) is 0 Å². The maximum atomic E-state index is 12.8. The molecule has 2 aromatic heterocycles. The van der Waals surface area contributed by atoms with Crippen molar-refractivity contribution in [3.63, 3.8) is 0 Å². The molecular weight excluding hydrogens is 308 g/mol. The minimum Gasteiger partial charge on any atom is -0.449 e. The Morgan fingerprint density at radius 1 is 1.21 bits per heavy atom. The number of carbonyl (C=O) groups excluding carboxylic acids is 2. The molecule has 24 heavy (non-hydrogen) atoms. The molecule has 124 valence electrons. The first-order valence-electron chi connectivity index (χ1n) is 7.76. The Balaban J connectivity index is 1.78. The summed E-state index contributed by atoms with van der Waals surface area (Å²) in [5.74, 6) is -0.189. The van der Waals surface area contributed by atoms with E-state index in [1.807, 2.05) is 18.2 Å². The molecule has 1 fully saturated rings. The molecule has 3 heterocycles. The Labute approximate surface area is 139 Å². The highest BCUT2D eigenvalue weighted by Gasteiger charge is 2.25. The van der Waals surface area contributed by atoms with Gasteiger partial charge in [0.1, 0.15) is 6.54 Å². The second-order valence-electron chi connectivity index (χ2n) is 5.40. The van der Waals surface area contributed by atoms with E-state index < -0.39 is 6.09 Å². The summed E-state index contributed by atoms with van der Waals surface area (Å²) in [6.07, 6.45) is 5.23. The predicted octanol–water partition coefficient (Wildman–Crippen LogP) is 1.85. The fraction of sp³-hybridized carbons (Fsp3) is 0.294. The highest BCUT2D eigenvalue weighted by Crippen LogP contribution is 2.17. The van der Waals surface area contributed by atoms with Crippen LogP contribution in [0.2, 0.25) is 0 Å². The van der Waals surface area contributed by atoms with E-state index in [-0.39, 0.29) is 12.5 Å². The van der Waals surface area contributed by atoms with E-state index in [2.05, 4.69) is 9.97 Å². The quantitative estimate of drug-likeness (QED) is 0.838. The third-order valence-corrected chi connectivity index (χ3v) is 3.70. The molecule has 0 bridgehead atoms. The van der Waals surface area contributed by atoms with Crippen molar-refractivity contribution in [3.05, 3.63) is 54.6 Å². The van der Waals surface area contributed by atoms with Crippen LogP contribution in [0.4, 0.5) is 10.5 Å². The number of carbonyl (C=O) groups is 2. The molecule has 0 saturated carbocycles. The van der Waals surface area contributed by atoms with Crippen LogP contribution >= 0.6 is 0 Å². The van der Waals surface area contributed by atoms with Crippen molar-refractivity contribution in [2.45, 2.75) is 13.0 Å². The fourth-order valence-electron chi connectivity index (χ4n) is 2.49. The van der Waals surface area contributed by atoms with Gasteiger partial charge in [0.05, 0.1) is 18.8 Å². The first-order valence-corrected chi connectivity index (χ1v) is 7.76. The Bertz CT molecular complexity index is 693. The third-order valence-electron chi connectivity index (χ3n) is 3.70. The van der Waals surface area contributed by atoms with E-state index in [0.29, 0.717) is 25.4 Å². The zero-order chi connectivity index (χ0) is 16.8. The van der Waals surface area contributed by atoms with Crippen molar-refractivity contribution in [3.8, 4) is 0 Å². The number of hydrogen-bond donors (Lipinski definition) is 0. The molecule has 0 spiro atoms. The van der Waals surface area contributed by atoms with Gasteiger partial charge in [0.25, 0.3) is 0 Å². The first kappa shape index (κ1) is 15.9. The third kappa shape index (κ3) is 3.87. The maximum Gasteiger partial charge on any atom is 0.410 e. The van der Waals surface area contributed by atoms with Crippen molar-refractivity contribution >= 4 is 17.7 Å². The van der Waals surface area contributed by atoms with Crippen LogP contribution in [0, 0.1) is 0 Å². The highest BCUT2D eigenvalue weighted by molar-refractivity contribution is 5.96. The second-order valence-corrected chi connectivity index (χ2v) is 5.40. The van der Waals surface area contributed by atoms with Gasteiger partial charge >= 0.3 is 6.09 Å². The van der Waals surface area contributed by atoms with Crippen LogP contribution in [0.1, 0.15) is 12.1 Å². The number of ether oxygens (including phenoxy) is 1. The first-order chi connectivity index (χ1) is 11.7. The van der Waals surface area contributed by atoms with Gasteiger partial charge in [-0.2, -0.15) is 0 Å². The Morgan fingerprint density at radius 2 is 2.04 bits per heavy atom. The van der Waals surface area contributed by atoms with Crippen molar-refractivity contribution in [2.75, 3.05) is 24.6 Å². The van der Waals surface area contributed by atoms with Crippen LogP contribution in [0.15, 0.2) is 48.9 Å². The lowest BCUT2D eigenvalue weighted by Gasteiger charge is -2.29. The normalized spacial score (nSPS) is 14.2. The minimum atomic E-state index is -0.442. The Hall–Kier alpha value is -2.96. The zero-order valence-electron chi connectivity index (χ0n) is 13.2. The van der Waals surface area contributed by atoms with E-state index in [4.69, 9.17) is 4.74 Å². The lowest BCUT2D eigenvalue weighted by Crippen LogP contribution is -2.45. The molecule has 3 rings (SSSR count). The van der Waals surface area contributed by atoms with Crippen molar-refractivity contribution in [1.82, 2.24) is 14.9 Å². The fourth-order valence-corrected chi connectivity index (χ4v) is 2.49. The summed E-state index contributed by atoms with van der Waals surface area (Å²) >= 11 is 0. The lowest BCUT2D eigenvalue weighted by molar-refractivity contribution is -0.120. The molecule has 2 amide bonds. The van der Waals surface area contributed by atoms with Gasteiger partial charge in [-0.1, -0.05) is 6.07 Å².